The van der Waals surface area contributed by atoms with Gasteiger partial charge >= 0.3 is 12.0 Å². The van der Waals surface area contributed by atoms with E-state index in [-0.39, 0.29) is 23.0 Å². The van der Waals surface area contributed by atoms with Crippen molar-refractivity contribution in [1.29, 1.82) is 0 Å². The van der Waals surface area contributed by atoms with Crippen LogP contribution >= 0.6 is 0 Å². The highest BCUT2D eigenvalue weighted by Crippen LogP contribution is 2.34. The number of aromatic nitrogens is 2. The van der Waals surface area contributed by atoms with Crippen molar-refractivity contribution in [3.05, 3.63) is 46.8 Å². The number of carbonyl (C=O) groups excluding carboxylic acids is 2. The van der Waals surface area contributed by atoms with Crippen molar-refractivity contribution in [1.82, 2.24) is 14.7 Å². The first-order valence-electron chi connectivity index (χ1n) is 10.3. The molecule has 0 radical (unpaired) electrons. The Morgan fingerprint density at radius 2 is 1.91 bits per heavy atom. The number of nitrogens with one attached hydrogen (secondary N) is 2. The van der Waals surface area contributed by atoms with Crippen molar-refractivity contribution < 1.29 is 27.5 Å². The standard InChI is InChI=1S/C21H26N4O6S/c1-4-5-10-31-19(26)18-15(16-9-11-30-16)7-6-8-17(18)32(28,29)25-21(27)24-20-22-13(2)12-14(3)23-20/h6-8,12,16H,4-5,9-11H2,1-3H3,(H2,22,23,24,25,27). The Balaban J connectivity index is 1.88. The van der Waals surface area contributed by atoms with Gasteiger partial charge in [0.1, 0.15) is 4.90 Å². The lowest BCUT2D eigenvalue weighted by atomic mass is 9.97. The second kappa shape index (κ2) is 10.0. The van der Waals surface area contributed by atoms with E-state index in [4.69, 9.17) is 9.47 Å². The van der Waals surface area contributed by atoms with E-state index >= 15 is 0 Å². The molecule has 2 amide bonds. The number of amides is 2. The minimum atomic E-state index is -4.42. The lowest BCUT2D eigenvalue weighted by molar-refractivity contribution is -0.0535. The molecule has 0 spiro atoms. The molecule has 32 heavy (non-hydrogen) atoms. The molecule has 10 nitrogen and oxygen atoms in total. The van der Waals surface area contributed by atoms with Crippen molar-refractivity contribution in [2.45, 2.75) is 51.0 Å². The Morgan fingerprint density at radius 3 is 2.50 bits per heavy atom. The molecule has 1 aliphatic heterocycles. The van der Waals surface area contributed by atoms with Crippen LogP contribution in [0.2, 0.25) is 0 Å². The van der Waals surface area contributed by atoms with Gasteiger partial charge < -0.3 is 9.47 Å². The van der Waals surface area contributed by atoms with Crippen molar-refractivity contribution in [3.8, 4) is 0 Å². The number of rotatable bonds is 8. The molecule has 0 bridgehead atoms. The molecule has 0 aliphatic carbocycles. The molecule has 2 N–H and O–H groups in total. The summed E-state index contributed by atoms with van der Waals surface area (Å²) < 4.78 is 38.7. The fourth-order valence-electron chi connectivity index (χ4n) is 3.21. The highest BCUT2D eigenvalue weighted by Gasteiger charge is 2.33. The third-order valence-electron chi connectivity index (χ3n) is 4.76. The van der Waals surface area contributed by atoms with Crippen molar-refractivity contribution in [2.75, 3.05) is 18.5 Å². The Labute approximate surface area is 186 Å². The van der Waals surface area contributed by atoms with Gasteiger partial charge in [-0.3, -0.25) is 5.32 Å². The first-order chi connectivity index (χ1) is 15.2. The van der Waals surface area contributed by atoms with Crippen LogP contribution in [-0.2, 0) is 19.5 Å². The predicted molar refractivity (Wildman–Crippen MR) is 116 cm³/mol. The second-order valence-corrected chi connectivity index (χ2v) is 9.04. The average Bonchev–Trinajstić information content (AvgIpc) is 2.65. The molecule has 172 valence electrons. The van der Waals surface area contributed by atoms with Crippen LogP contribution in [-0.4, -0.2) is 43.6 Å². The molecule has 1 aliphatic rings. The van der Waals surface area contributed by atoms with Crippen LogP contribution in [0.15, 0.2) is 29.2 Å². The third-order valence-corrected chi connectivity index (χ3v) is 6.14. The molecule has 11 heteroatoms. The van der Waals surface area contributed by atoms with Gasteiger partial charge in [-0.05, 0) is 38.0 Å². The lowest BCUT2D eigenvalue weighted by Gasteiger charge is -2.29. The number of anilines is 1. The zero-order valence-electron chi connectivity index (χ0n) is 18.2. The number of carbonyl (C=O) groups is 2. The number of hydrogen-bond acceptors (Lipinski definition) is 8. The van der Waals surface area contributed by atoms with Gasteiger partial charge in [-0.1, -0.05) is 25.5 Å². The maximum Gasteiger partial charge on any atom is 0.339 e. The van der Waals surface area contributed by atoms with Gasteiger partial charge in [-0.15, -0.1) is 0 Å². The number of aryl methyl sites for hydroxylation is 2. The molecule has 1 aromatic carbocycles. The zero-order valence-corrected chi connectivity index (χ0v) is 19.0. The quantitative estimate of drug-likeness (QED) is 0.451. The van der Waals surface area contributed by atoms with Crippen LogP contribution in [0.1, 0.15) is 59.6 Å². The van der Waals surface area contributed by atoms with Crippen molar-refractivity contribution >= 4 is 28.0 Å². The monoisotopic (exact) mass is 462 g/mol. The first kappa shape index (κ1) is 23.6. The van der Waals surface area contributed by atoms with Crippen LogP contribution in [0.5, 0.6) is 0 Å². The molecule has 1 unspecified atom stereocenters. The Kier molecular flexibility index (Phi) is 7.41. The highest BCUT2D eigenvalue weighted by molar-refractivity contribution is 7.90. The molecular weight excluding hydrogens is 436 g/mol. The Morgan fingerprint density at radius 1 is 1.22 bits per heavy atom. The van der Waals surface area contributed by atoms with Gasteiger partial charge in [0.25, 0.3) is 10.0 Å². The Hall–Kier alpha value is -3.05. The van der Waals surface area contributed by atoms with E-state index in [9.17, 15) is 18.0 Å². The maximum atomic E-state index is 13.0. The largest absolute Gasteiger partial charge is 0.462 e. The van der Waals surface area contributed by atoms with E-state index in [1.54, 1.807) is 26.0 Å². The van der Waals surface area contributed by atoms with Crippen LogP contribution in [0, 0.1) is 13.8 Å². The summed E-state index contributed by atoms with van der Waals surface area (Å²) >= 11 is 0. The van der Waals surface area contributed by atoms with E-state index < -0.39 is 28.1 Å². The fourth-order valence-corrected chi connectivity index (χ4v) is 4.34. The van der Waals surface area contributed by atoms with E-state index in [0.717, 1.165) is 6.42 Å². The van der Waals surface area contributed by atoms with Gasteiger partial charge in [0, 0.05) is 17.8 Å². The summed E-state index contributed by atoms with van der Waals surface area (Å²) in [5.41, 5.74) is 1.51. The summed E-state index contributed by atoms with van der Waals surface area (Å²) in [6, 6.07) is 5.04. The second-order valence-electron chi connectivity index (χ2n) is 7.39. The Bertz CT molecular complexity index is 1100. The average molecular weight is 463 g/mol. The lowest BCUT2D eigenvalue weighted by Crippen LogP contribution is -2.36. The van der Waals surface area contributed by atoms with Crippen molar-refractivity contribution in [2.24, 2.45) is 0 Å². The van der Waals surface area contributed by atoms with Crippen LogP contribution in [0.3, 0.4) is 0 Å². The van der Waals surface area contributed by atoms with Gasteiger partial charge in [-0.25, -0.2) is 32.7 Å². The molecule has 1 atom stereocenters. The number of hydrogen-bond donors (Lipinski definition) is 2. The minimum absolute atomic E-state index is 0.0361. The number of urea groups is 1. The minimum Gasteiger partial charge on any atom is -0.462 e. The van der Waals surface area contributed by atoms with E-state index in [2.05, 4.69) is 15.3 Å². The molecule has 1 aromatic heterocycles. The normalized spacial score (nSPS) is 15.5. The van der Waals surface area contributed by atoms with Gasteiger partial charge in [0.05, 0.1) is 24.9 Å². The zero-order chi connectivity index (χ0) is 23.3. The number of nitrogens with zero attached hydrogens (tertiary/aromatic N) is 2. The molecule has 2 aromatic rings. The number of ether oxygens (including phenoxy) is 2. The number of esters is 1. The summed E-state index contributed by atoms with van der Waals surface area (Å²) in [6.07, 6.45) is 1.70. The van der Waals surface area contributed by atoms with E-state index in [1.807, 2.05) is 11.6 Å². The van der Waals surface area contributed by atoms with Gasteiger partial charge in [-0.2, -0.15) is 0 Å². The van der Waals surface area contributed by atoms with E-state index in [0.29, 0.717) is 36.4 Å². The summed E-state index contributed by atoms with van der Waals surface area (Å²) in [5.74, 6) is -0.811. The molecule has 0 saturated carbocycles. The van der Waals surface area contributed by atoms with Crippen LogP contribution in [0.25, 0.3) is 0 Å². The fraction of sp³-hybridized carbons (Fsp3) is 0.429. The molecule has 1 saturated heterocycles. The number of benzene rings is 1. The molecule has 1 fully saturated rings. The summed E-state index contributed by atoms with van der Waals surface area (Å²) in [5, 5.41) is 2.31. The van der Waals surface area contributed by atoms with Crippen molar-refractivity contribution in [3.63, 3.8) is 0 Å². The van der Waals surface area contributed by atoms with Crippen LogP contribution < -0.4 is 10.0 Å². The van der Waals surface area contributed by atoms with Crippen LogP contribution in [0.4, 0.5) is 10.7 Å². The molecule has 3 rings (SSSR count). The first-order valence-corrected chi connectivity index (χ1v) is 11.8. The molecule has 2 heterocycles. The van der Waals surface area contributed by atoms with Gasteiger partial charge in [0.2, 0.25) is 5.95 Å². The predicted octanol–water partition coefficient (Wildman–Crippen LogP) is 3.02. The van der Waals surface area contributed by atoms with E-state index in [1.165, 1.54) is 12.1 Å². The summed E-state index contributed by atoms with van der Waals surface area (Å²) in [6.45, 7) is 6.06. The number of unbranched alkanes of at least 4 members (excludes halogenated alkanes) is 1. The maximum absolute atomic E-state index is 13.0. The van der Waals surface area contributed by atoms with Gasteiger partial charge in [0.15, 0.2) is 0 Å². The third kappa shape index (κ3) is 5.60. The smallest absolute Gasteiger partial charge is 0.339 e. The summed E-state index contributed by atoms with van der Waals surface area (Å²) in [4.78, 5) is 32.9. The highest BCUT2D eigenvalue weighted by atomic mass is 32.2. The topological polar surface area (TPSA) is 137 Å². The number of sulfonamides is 1. The summed E-state index contributed by atoms with van der Waals surface area (Å²) in [7, 11) is -4.42. The molecular formula is C21H26N4O6S. The SMILES string of the molecule is CCCCOC(=O)c1c(C2CCO2)cccc1S(=O)(=O)NC(=O)Nc1nc(C)cc(C)n1.